The van der Waals surface area contributed by atoms with E-state index in [0.29, 0.717) is 19.6 Å². The number of carbonyl (C=O) groups is 1. The maximum absolute atomic E-state index is 11.8. The highest BCUT2D eigenvalue weighted by atomic mass is 16.5. The third-order valence-electron chi connectivity index (χ3n) is 2.88. The Bertz CT molecular complexity index is 408. The molecule has 1 atom stereocenters. The number of carbonyl (C=O) groups excluding carboxylic acids is 1. The average molecular weight is 231 g/mol. The van der Waals surface area contributed by atoms with Crippen LogP contribution in [0.25, 0.3) is 0 Å². The van der Waals surface area contributed by atoms with E-state index in [2.05, 4.69) is 6.07 Å². The molecule has 0 N–H and O–H groups in total. The zero-order valence-corrected chi connectivity index (χ0v) is 10.3. The molecule has 3 heteroatoms. The minimum absolute atomic E-state index is 0.133. The van der Waals surface area contributed by atoms with Crippen molar-refractivity contribution in [3.63, 3.8) is 0 Å². The van der Waals surface area contributed by atoms with Crippen LogP contribution in [0.4, 0.5) is 0 Å². The van der Waals surface area contributed by atoms with Gasteiger partial charge in [0.15, 0.2) is 5.78 Å². The van der Waals surface area contributed by atoms with E-state index in [1.165, 1.54) is 6.92 Å². The highest BCUT2D eigenvalue weighted by Gasteiger charge is 2.37. The summed E-state index contributed by atoms with van der Waals surface area (Å²) >= 11 is 0. The van der Waals surface area contributed by atoms with Crippen LogP contribution < -0.4 is 0 Å². The van der Waals surface area contributed by atoms with Crippen molar-refractivity contribution in [1.82, 2.24) is 0 Å². The van der Waals surface area contributed by atoms with Gasteiger partial charge in [-0.1, -0.05) is 30.3 Å². The van der Waals surface area contributed by atoms with E-state index in [4.69, 9.17) is 4.74 Å². The minimum Gasteiger partial charge on any atom is -0.382 e. The molecule has 0 bridgehead atoms. The molecule has 1 unspecified atom stereocenters. The quantitative estimate of drug-likeness (QED) is 0.707. The Morgan fingerprint density at radius 3 is 2.53 bits per heavy atom. The molecule has 0 spiro atoms. The first-order chi connectivity index (χ1) is 8.17. The second-order valence-electron chi connectivity index (χ2n) is 3.89. The molecule has 90 valence electrons. The average Bonchev–Trinajstić information content (AvgIpc) is 2.36. The van der Waals surface area contributed by atoms with Gasteiger partial charge in [-0.3, -0.25) is 4.79 Å². The van der Waals surface area contributed by atoms with Crippen molar-refractivity contribution in [3.8, 4) is 6.07 Å². The summed E-state index contributed by atoms with van der Waals surface area (Å²) in [6.45, 7) is 4.36. The van der Waals surface area contributed by atoms with Gasteiger partial charge < -0.3 is 4.74 Å². The molecule has 0 saturated carbocycles. The Hall–Kier alpha value is -1.66. The number of ketones is 1. The van der Waals surface area contributed by atoms with Crippen LogP contribution in [0.1, 0.15) is 25.8 Å². The van der Waals surface area contributed by atoms with Crippen LogP contribution in [0.3, 0.4) is 0 Å². The largest absolute Gasteiger partial charge is 0.382 e. The van der Waals surface area contributed by atoms with Gasteiger partial charge in [-0.2, -0.15) is 5.26 Å². The van der Waals surface area contributed by atoms with E-state index in [0.717, 1.165) is 5.56 Å². The van der Waals surface area contributed by atoms with E-state index >= 15 is 0 Å². The van der Waals surface area contributed by atoms with Gasteiger partial charge in [0.2, 0.25) is 0 Å². The summed E-state index contributed by atoms with van der Waals surface area (Å²) in [5.41, 5.74) is -0.328. The molecular formula is C14H17NO2. The van der Waals surface area contributed by atoms with Crippen LogP contribution in [-0.4, -0.2) is 19.0 Å². The summed E-state index contributed by atoms with van der Waals surface area (Å²) in [5.74, 6) is -0.133. The van der Waals surface area contributed by atoms with Crippen LogP contribution in [0, 0.1) is 11.3 Å². The van der Waals surface area contributed by atoms with Gasteiger partial charge in [0.1, 0.15) is 5.41 Å². The Morgan fingerprint density at radius 2 is 2.06 bits per heavy atom. The number of hydrogen-bond donors (Lipinski definition) is 0. The summed E-state index contributed by atoms with van der Waals surface area (Å²) in [6, 6.07) is 11.3. The van der Waals surface area contributed by atoms with E-state index in [-0.39, 0.29) is 5.78 Å². The molecule has 0 fully saturated rings. The van der Waals surface area contributed by atoms with Gasteiger partial charge >= 0.3 is 0 Å². The van der Waals surface area contributed by atoms with Crippen molar-refractivity contribution in [1.29, 1.82) is 5.26 Å². The summed E-state index contributed by atoms with van der Waals surface area (Å²) in [5, 5.41) is 9.37. The van der Waals surface area contributed by atoms with Crippen LogP contribution in [-0.2, 0) is 14.9 Å². The Balaban J connectivity index is 3.02. The van der Waals surface area contributed by atoms with Gasteiger partial charge in [-0.25, -0.2) is 0 Å². The molecule has 0 saturated heterocycles. The summed E-state index contributed by atoms with van der Waals surface area (Å²) in [7, 11) is 0. The lowest BCUT2D eigenvalue weighted by Crippen LogP contribution is -2.34. The number of ether oxygens (including phenoxy) is 1. The van der Waals surface area contributed by atoms with Crippen LogP contribution in [0.15, 0.2) is 30.3 Å². The smallest absolute Gasteiger partial charge is 0.154 e. The molecule has 3 nitrogen and oxygen atoms in total. The maximum atomic E-state index is 11.8. The van der Waals surface area contributed by atoms with E-state index in [1.54, 1.807) is 0 Å². The summed E-state index contributed by atoms with van der Waals surface area (Å²) < 4.78 is 5.26. The fourth-order valence-corrected chi connectivity index (χ4v) is 1.82. The van der Waals surface area contributed by atoms with Crippen molar-refractivity contribution < 1.29 is 9.53 Å². The van der Waals surface area contributed by atoms with Gasteiger partial charge in [0.05, 0.1) is 6.07 Å². The molecule has 0 amide bonds. The minimum atomic E-state index is -1.07. The van der Waals surface area contributed by atoms with Crippen molar-refractivity contribution >= 4 is 5.78 Å². The molecule has 0 aliphatic heterocycles. The molecule has 0 heterocycles. The second-order valence-corrected chi connectivity index (χ2v) is 3.89. The number of Topliss-reactive ketones (excluding diaryl/α,β-unsaturated/α-hetero) is 1. The molecule has 0 radical (unpaired) electrons. The predicted octanol–water partition coefficient (Wildman–Crippen LogP) is 2.46. The summed E-state index contributed by atoms with van der Waals surface area (Å²) in [6.07, 6.45) is 0.399. The molecule has 0 aliphatic carbocycles. The molecule has 0 aliphatic rings. The standard InChI is InChI=1S/C14H17NO2/c1-3-17-10-9-14(11-15,12(2)16)13-7-5-4-6-8-13/h4-8H,3,9-10H2,1-2H3. The Morgan fingerprint density at radius 1 is 1.41 bits per heavy atom. The second kappa shape index (κ2) is 6.17. The fourth-order valence-electron chi connectivity index (χ4n) is 1.82. The topological polar surface area (TPSA) is 50.1 Å². The van der Waals surface area contributed by atoms with Crippen molar-refractivity contribution in [2.75, 3.05) is 13.2 Å². The number of nitrogens with zero attached hydrogens (tertiary/aromatic N) is 1. The van der Waals surface area contributed by atoms with Gasteiger partial charge in [0.25, 0.3) is 0 Å². The van der Waals surface area contributed by atoms with Crippen molar-refractivity contribution in [2.24, 2.45) is 0 Å². The van der Waals surface area contributed by atoms with E-state index in [9.17, 15) is 10.1 Å². The first-order valence-electron chi connectivity index (χ1n) is 5.73. The summed E-state index contributed by atoms with van der Waals surface area (Å²) in [4.78, 5) is 11.8. The third kappa shape index (κ3) is 2.92. The first-order valence-corrected chi connectivity index (χ1v) is 5.73. The van der Waals surface area contributed by atoms with Gasteiger partial charge in [0, 0.05) is 19.6 Å². The first kappa shape index (κ1) is 13.4. The maximum Gasteiger partial charge on any atom is 0.154 e. The lowest BCUT2D eigenvalue weighted by molar-refractivity contribution is -0.121. The highest BCUT2D eigenvalue weighted by Crippen LogP contribution is 2.28. The van der Waals surface area contributed by atoms with Crippen molar-refractivity contribution in [2.45, 2.75) is 25.7 Å². The molecule has 0 aromatic heterocycles. The molecule has 17 heavy (non-hydrogen) atoms. The predicted molar refractivity (Wildman–Crippen MR) is 65.5 cm³/mol. The molecule has 1 rings (SSSR count). The van der Waals surface area contributed by atoms with E-state index < -0.39 is 5.41 Å². The third-order valence-corrected chi connectivity index (χ3v) is 2.88. The molecular weight excluding hydrogens is 214 g/mol. The zero-order valence-electron chi connectivity index (χ0n) is 10.3. The normalized spacial score (nSPS) is 13.7. The number of nitriles is 1. The number of benzene rings is 1. The van der Waals surface area contributed by atoms with Crippen LogP contribution >= 0.6 is 0 Å². The Kier molecular flexibility index (Phi) is 4.86. The van der Waals surface area contributed by atoms with Gasteiger partial charge in [-0.05, 0) is 19.4 Å². The molecule has 1 aromatic rings. The SMILES string of the molecule is CCOCCC(C#N)(C(C)=O)c1ccccc1. The lowest BCUT2D eigenvalue weighted by Gasteiger charge is -2.23. The van der Waals surface area contributed by atoms with Crippen LogP contribution in [0.2, 0.25) is 0 Å². The Labute approximate surface area is 102 Å². The van der Waals surface area contributed by atoms with Crippen LogP contribution in [0.5, 0.6) is 0 Å². The number of rotatable bonds is 6. The van der Waals surface area contributed by atoms with E-state index in [1.807, 2.05) is 37.3 Å². The lowest BCUT2D eigenvalue weighted by atomic mass is 9.76. The number of hydrogen-bond acceptors (Lipinski definition) is 3. The van der Waals surface area contributed by atoms with Gasteiger partial charge in [-0.15, -0.1) is 0 Å². The monoisotopic (exact) mass is 231 g/mol. The van der Waals surface area contributed by atoms with Crippen molar-refractivity contribution in [3.05, 3.63) is 35.9 Å². The molecule has 1 aromatic carbocycles. The zero-order chi connectivity index (χ0) is 12.7. The fraction of sp³-hybridized carbons (Fsp3) is 0.429. The highest BCUT2D eigenvalue weighted by molar-refractivity contribution is 5.91.